The van der Waals surface area contributed by atoms with Gasteiger partial charge in [-0.05, 0) is 30.6 Å². The lowest BCUT2D eigenvalue weighted by molar-refractivity contribution is 0.224. The van der Waals surface area contributed by atoms with Crippen molar-refractivity contribution in [1.29, 1.82) is 0 Å². The van der Waals surface area contributed by atoms with E-state index in [1.54, 1.807) is 0 Å². The molecule has 1 aromatic rings. The molecule has 0 amide bonds. The molecule has 104 valence electrons. The number of nitrogens with zero attached hydrogens (tertiary/aromatic N) is 2. The average molecular weight is 274 g/mol. The van der Waals surface area contributed by atoms with Gasteiger partial charge in [-0.25, -0.2) is 0 Å². The summed E-state index contributed by atoms with van der Waals surface area (Å²) in [5.41, 5.74) is 6.11. The summed E-state index contributed by atoms with van der Waals surface area (Å²) in [6, 6.07) is 0. The largest absolute Gasteiger partial charge is 0.339 e. The summed E-state index contributed by atoms with van der Waals surface area (Å²) in [6.45, 7) is 8.90. The zero-order valence-corrected chi connectivity index (χ0v) is 12.5. The lowest BCUT2D eigenvalue weighted by Gasteiger charge is -2.34. The van der Waals surface area contributed by atoms with Crippen molar-refractivity contribution < 1.29 is 4.52 Å². The molecule has 1 aliphatic carbocycles. The molecule has 0 bridgehead atoms. The molecule has 0 aliphatic heterocycles. The highest BCUT2D eigenvalue weighted by Crippen LogP contribution is 2.37. The SMILES string of the molecule is CC(Cc1nc(C2(N)CCC2)no1)C(C)(C)C.Cl. The van der Waals surface area contributed by atoms with Crippen molar-refractivity contribution in [2.75, 3.05) is 0 Å². The average Bonchev–Trinajstić information content (AvgIpc) is 2.61. The summed E-state index contributed by atoms with van der Waals surface area (Å²) < 4.78 is 5.31. The van der Waals surface area contributed by atoms with Gasteiger partial charge in [0.2, 0.25) is 5.89 Å². The quantitative estimate of drug-likeness (QED) is 0.919. The van der Waals surface area contributed by atoms with E-state index in [0.29, 0.717) is 11.7 Å². The highest BCUT2D eigenvalue weighted by atomic mass is 35.5. The van der Waals surface area contributed by atoms with Crippen LogP contribution in [0.15, 0.2) is 4.52 Å². The Morgan fingerprint density at radius 3 is 2.44 bits per heavy atom. The van der Waals surface area contributed by atoms with E-state index in [1.807, 2.05) is 0 Å². The van der Waals surface area contributed by atoms with Crippen LogP contribution in [0.5, 0.6) is 0 Å². The van der Waals surface area contributed by atoms with Gasteiger partial charge in [-0.1, -0.05) is 32.9 Å². The molecule has 1 fully saturated rings. The third kappa shape index (κ3) is 3.04. The van der Waals surface area contributed by atoms with Gasteiger partial charge in [-0.3, -0.25) is 0 Å². The van der Waals surface area contributed by atoms with E-state index in [1.165, 1.54) is 6.42 Å². The fourth-order valence-corrected chi connectivity index (χ4v) is 1.89. The zero-order valence-electron chi connectivity index (χ0n) is 11.7. The minimum atomic E-state index is -0.313. The van der Waals surface area contributed by atoms with Gasteiger partial charge in [0.25, 0.3) is 0 Å². The van der Waals surface area contributed by atoms with Crippen LogP contribution in [-0.2, 0) is 12.0 Å². The Labute approximate surface area is 115 Å². The Morgan fingerprint density at radius 1 is 1.39 bits per heavy atom. The maximum absolute atomic E-state index is 6.17. The number of hydrogen-bond donors (Lipinski definition) is 1. The molecular weight excluding hydrogens is 250 g/mol. The Morgan fingerprint density at radius 2 is 2.00 bits per heavy atom. The van der Waals surface area contributed by atoms with Crippen molar-refractivity contribution in [2.45, 2.75) is 58.9 Å². The van der Waals surface area contributed by atoms with Crippen molar-refractivity contribution in [3.05, 3.63) is 11.7 Å². The molecule has 2 N–H and O–H groups in total. The van der Waals surface area contributed by atoms with Crippen LogP contribution >= 0.6 is 12.4 Å². The van der Waals surface area contributed by atoms with Gasteiger partial charge in [-0.15, -0.1) is 12.4 Å². The summed E-state index contributed by atoms with van der Waals surface area (Å²) in [7, 11) is 0. The molecule has 18 heavy (non-hydrogen) atoms. The van der Waals surface area contributed by atoms with Crippen LogP contribution in [0.1, 0.15) is 58.7 Å². The predicted octanol–water partition coefficient (Wildman–Crippen LogP) is 3.05. The first-order chi connectivity index (χ1) is 7.81. The van der Waals surface area contributed by atoms with Crippen LogP contribution in [0.25, 0.3) is 0 Å². The smallest absolute Gasteiger partial charge is 0.227 e. The summed E-state index contributed by atoms with van der Waals surface area (Å²) >= 11 is 0. The second kappa shape index (κ2) is 5.17. The third-order valence-corrected chi connectivity index (χ3v) is 4.12. The van der Waals surface area contributed by atoms with Gasteiger partial charge in [0.15, 0.2) is 5.82 Å². The molecule has 0 spiro atoms. The molecule has 1 aromatic heterocycles. The first kappa shape index (κ1) is 15.4. The van der Waals surface area contributed by atoms with Crippen molar-refractivity contribution in [2.24, 2.45) is 17.1 Å². The van der Waals surface area contributed by atoms with Gasteiger partial charge >= 0.3 is 0 Å². The maximum Gasteiger partial charge on any atom is 0.227 e. The van der Waals surface area contributed by atoms with Gasteiger partial charge in [0, 0.05) is 6.42 Å². The van der Waals surface area contributed by atoms with Crippen LogP contribution in [0.4, 0.5) is 0 Å². The lowest BCUT2D eigenvalue weighted by atomic mass is 9.77. The maximum atomic E-state index is 6.17. The highest BCUT2D eigenvalue weighted by molar-refractivity contribution is 5.85. The van der Waals surface area contributed by atoms with E-state index in [0.717, 1.165) is 25.2 Å². The van der Waals surface area contributed by atoms with E-state index < -0.39 is 0 Å². The van der Waals surface area contributed by atoms with Crippen LogP contribution < -0.4 is 5.73 Å². The summed E-state index contributed by atoms with van der Waals surface area (Å²) in [5.74, 6) is 1.92. The molecule has 0 saturated heterocycles. The van der Waals surface area contributed by atoms with E-state index in [4.69, 9.17) is 10.3 Å². The molecule has 0 radical (unpaired) electrons. The van der Waals surface area contributed by atoms with Gasteiger partial charge in [0.1, 0.15) is 0 Å². The molecule has 1 unspecified atom stereocenters. The van der Waals surface area contributed by atoms with Crippen molar-refractivity contribution >= 4 is 12.4 Å². The van der Waals surface area contributed by atoms with Crippen molar-refractivity contribution in [3.8, 4) is 0 Å². The third-order valence-electron chi connectivity index (χ3n) is 4.12. The van der Waals surface area contributed by atoms with Crippen LogP contribution in [0.3, 0.4) is 0 Å². The topological polar surface area (TPSA) is 64.9 Å². The standard InChI is InChI=1S/C13H23N3O.ClH/c1-9(12(2,3)4)8-10-15-11(16-17-10)13(14)6-5-7-13;/h9H,5-8,14H2,1-4H3;1H. The summed E-state index contributed by atoms with van der Waals surface area (Å²) in [4.78, 5) is 4.45. The number of rotatable bonds is 3. The number of hydrogen-bond acceptors (Lipinski definition) is 4. The minimum absolute atomic E-state index is 0. The molecule has 2 rings (SSSR count). The molecular formula is C13H24ClN3O. The Balaban J connectivity index is 0.00000162. The lowest BCUT2D eigenvalue weighted by Crippen LogP contribution is -2.44. The zero-order chi connectivity index (χ0) is 12.7. The van der Waals surface area contributed by atoms with E-state index in [-0.39, 0.29) is 23.4 Å². The van der Waals surface area contributed by atoms with Crippen LogP contribution in [0.2, 0.25) is 0 Å². The number of nitrogens with two attached hydrogens (primary N) is 1. The van der Waals surface area contributed by atoms with E-state index in [2.05, 4.69) is 37.8 Å². The summed E-state index contributed by atoms with van der Waals surface area (Å²) in [5, 5.41) is 4.03. The second-order valence-corrected chi connectivity index (χ2v) is 6.49. The van der Waals surface area contributed by atoms with E-state index in [9.17, 15) is 0 Å². The van der Waals surface area contributed by atoms with Crippen molar-refractivity contribution in [3.63, 3.8) is 0 Å². The molecule has 4 nitrogen and oxygen atoms in total. The molecule has 5 heteroatoms. The Bertz CT molecular complexity index is 393. The molecule has 0 aromatic carbocycles. The van der Waals surface area contributed by atoms with Crippen LogP contribution in [-0.4, -0.2) is 10.1 Å². The fraction of sp³-hybridized carbons (Fsp3) is 0.846. The molecule has 1 heterocycles. The van der Waals surface area contributed by atoms with Crippen molar-refractivity contribution in [1.82, 2.24) is 10.1 Å². The normalized spacial score (nSPS) is 19.8. The highest BCUT2D eigenvalue weighted by Gasteiger charge is 2.39. The molecule has 1 aliphatic rings. The predicted molar refractivity (Wildman–Crippen MR) is 73.6 cm³/mol. The first-order valence-corrected chi connectivity index (χ1v) is 6.43. The molecule has 1 atom stereocenters. The van der Waals surface area contributed by atoms with Gasteiger partial charge in [-0.2, -0.15) is 4.98 Å². The monoisotopic (exact) mass is 273 g/mol. The summed E-state index contributed by atoms with van der Waals surface area (Å²) in [6.07, 6.45) is 3.94. The second-order valence-electron chi connectivity index (χ2n) is 6.49. The van der Waals surface area contributed by atoms with Gasteiger partial charge < -0.3 is 10.3 Å². The Kier molecular flexibility index (Phi) is 4.44. The fourth-order valence-electron chi connectivity index (χ4n) is 1.89. The van der Waals surface area contributed by atoms with Crippen LogP contribution in [0, 0.1) is 11.3 Å². The Hall–Kier alpha value is -0.610. The van der Waals surface area contributed by atoms with E-state index >= 15 is 0 Å². The number of halogens is 1. The minimum Gasteiger partial charge on any atom is -0.339 e. The van der Waals surface area contributed by atoms with Gasteiger partial charge in [0.05, 0.1) is 5.54 Å². The molecule has 1 saturated carbocycles. The first-order valence-electron chi connectivity index (χ1n) is 6.43. The number of aromatic nitrogens is 2.